The molecule has 0 N–H and O–H groups in total. The second-order valence-electron chi connectivity index (χ2n) is 3.57. The highest BCUT2D eigenvalue weighted by Gasteiger charge is 2.30. The first-order valence-corrected chi connectivity index (χ1v) is 7.06. The second kappa shape index (κ2) is 5.75. The maximum absolute atomic E-state index is 12.3. The minimum absolute atomic E-state index is 0.0540. The topological polar surface area (TPSA) is 30.0 Å². The average Bonchev–Trinajstić information content (AvgIpc) is 2.89. The van der Waals surface area contributed by atoms with E-state index in [1.54, 1.807) is 17.5 Å². The van der Waals surface area contributed by atoms with Crippen LogP contribution in [0.4, 0.5) is 13.2 Å². The van der Waals surface area contributed by atoms with Crippen molar-refractivity contribution < 1.29 is 18.0 Å². The number of hydrogen-bond donors (Lipinski definition) is 0. The van der Waals surface area contributed by atoms with Gasteiger partial charge in [0.25, 0.3) is 0 Å². The van der Waals surface area contributed by atoms with Crippen LogP contribution < -0.4 is 0 Å². The van der Waals surface area contributed by atoms with Crippen molar-refractivity contribution in [2.45, 2.75) is 11.2 Å². The summed E-state index contributed by atoms with van der Waals surface area (Å²) in [6.45, 7) is 0. The van der Waals surface area contributed by atoms with Crippen LogP contribution in [0.1, 0.15) is 15.2 Å². The third-order valence-corrected chi connectivity index (χ3v) is 4.07. The van der Waals surface area contributed by atoms with Crippen LogP contribution >= 0.6 is 23.1 Å². The minimum atomic E-state index is -4.39. The van der Waals surface area contributed by atoms with E-state index in [-0.39, 0.29) is 11.5 Å². The van der Waals surface area contributed by atoms with Gasteiger partial charge >= 0.3 is 6.18 Å². The van der Waals surface area contributed by atoms with Crippen molar-refractivity contribution in [3.63, 3.8) is 0 Å². The molecule has 0 aliphatic rings. The predicted molar refractivity (Wildman–Crippen MR) is 68.6 cm³/mol. The van der Waals surface area contributed by atoms with Gasteiger partial charge in [-0.3, -0.25) is 4.79 Å². The Kier molecular flexibility index (Phi) is 4.26. The van der Waals surface area contributed by atoms with E-state index in [2.05, 4.69) is 4.98 Å². The largest absolute Gasteiger partial charge is 0.417 e. The Morgan fingerprint density at radius 1 is 1.32 bits per heavy atom. The fraction of sp³-hybridized carbons (Fsp3) is 0.167. The van der Waals surface area contributed by atoms with Crippen LogP contribution in [0.15, 0.2) is 40.9 Å². The average molecular weight is 303 g/mol. The molecular formula is C12H8F3NOS2. The van der Waals surface area contributed by atoms with Crippen LogP contribution in [0.3, 0.4) is 0 Å². The van der Waals surface area contributed by atoms with Gasteiger partial charge in [-0.1, -0.05) is 17.8 Å². The number of halogens is 3. The molecule has 100 valence electrons. The summed E-state index contributed by atoms with van der Waals surface area (Å²) >= 11 is 2.46. The molecule has 0 amide bonds. The number of hydrogen-bond acceptors (Lipinski definition) is 4. The summed E-state index contributed by atoms with van der Waals surface area (Å²) in [4.78, 5) is 16.0. The SMILES string of the molecule is O=C(CSc1ccc(C(F)(F)F)cn1)c1cccs1. The number of thiophene rings is 1. The molecule has 0 aliphatic carbocycles. The Labute approximate surface area is 115 Å². The molecule has 2 aromatic rings. The molecule has 2 heterocycles. The number of carbonyl (C=O) groups is 1. The number of pyridine rings is 1. The zero-order valence-electron chi connectivity index (χ0n) is 9.48. The predicted octanol–water partition coefficient (Wildman–Crippen LogP) is 4.14. The highest BCUT2D eigenvalue weighted by Crippen LogP contribution is 2.29. The maximum Gasteiger partial charge on any atom is 0.417 e. The lowest BCUT2D eigenvalue weighted by molar-refractivity contribution is -0.137. The highest BCUT2D eigenvalue weighted by molar-refractivity contribution is 7.99. The van der Waals surface area contributed by atoms with E-state index in [4.69, 9.17) is 0 Å². The number of ketones is 1. The zero-order chi connectivity index (χ0) is 13.9. The summed E-state index contributed by atoms with van der Waals surface area (Å²) in [7, 11) is 0. The molecule has 2 aromatic heterocycles. The van der Waals surface area contributed by atoms with Crippen molar-refractivity contribution in [2.75, 3.05) is 5.75 Å². The lowest BCUT2D eigenvalue weighted by Crippen LogP contribution is -2.05. The van der Waals surface area contributed by atoms with E-state index in [1.807, 2.05) is 0 Å². The van der Waals surface area contributed by atoms with Gasteiger partial charge in [-0.15, -0.1) is 11.3 Å². The first-order valence-electron chi connectivity index (χ1n) is 5.19. The third-order valence-electron chi connectivity index (χ3n) is 2.21. The van der Waals surface area contributed by atoms with Crippen LogP contribution in [0.5, 0.6) is 0 Å². The molecule has 2 rings (SSSR count). The van der Waals surface area contributed by atoms with Crippen molar-refractivity contribution in [2.24, 2.45) is 0 Å². The van der Waals surface area contributed by atoms with Gasteiger partial charge in [0.05, 0.1) is 21.2 Å². The van der Waals surface area contributed by atoms with Gasteiger partial charge in [-0.25, -0.2) is 4.98 Å². The van der Waals surface area contributed by atoms with Gasteiger partial charge in [0.15, 0.2) is 5.78 Å². The van der Waals surface area contributed by atoms with Gasteiger partial charge in [-0.05, 0) is 23.6 Å². The summed E-state index contributed by atoms with van der Waals surface area (Å²) in [6.07, 6.45) is -3.61. The normalized spacial score (nSPS) is 11.5. The lowest BCUT2D eigenvalue weighted by Gasteiger charge is -2.06. The van der Waals surface area contributed by atoms with Crippen LogP contribution in [0.2, 0.25) is 0 Å². The molecule has 19 heavy (non-hydrogen) atoms. The molecule has 0 radical (unpaired) electrons. The molecule has 0 spiro atoms. The van der Waals surface area contributed by atoms with Crippen LogP contribution in [-0.4, -0.2) is 16.5 Å². The Morgan fingerprint density at radius 2 is 2.11 bits per heavy atom. The second-order valence-corrected chi connectivity index (χ2v) is 5.52. The highest BCUT2D eigenvalue weighted by atomic mass is 32.2. The molecule has 0 saturated carbocycles. The van der Waals surface area contributed by atoms with E-state index in [0.29, 0.717) is 9.90 Å². The number of carbonyl (C=O) groups excluding carboxylic acids is 1. The smallest absolute Gasteiger partial charge is 0.292 e. The summed E-state index contributed by atoms with van der Waals surface area (Å²) < 4.78 is 37.0. The summed E-state index contributed by atoms with van der Waals surface area (Å²) in [5.74, 6) is 0.112. The monoisotopic (exact) mass is 303 g/mol. The third kappa shape index (κ3) is 3.81. The molecule has 2 nitrogen and oxygen atoms in total. The van der Waals surface area contributed by atoms with Gasteiger partial charge in [-0.2, -0.15) is 13.2 Å². The maximum atomic E-state index is 12.3. The van der Waals surface area contributed by atoms with E-state index < -0.39 is 11.7 Å². The number of aromatic nitrogens is 1. The van der Waals surface area contributed by atoms with Crippen molar-refractivity contribution in [1.29, 1.82) is 0 Å². The summed E-state index contributed by atoms with van der Waals surface area (Å²) in [5.41, 5.74) is -0.790. The first-order chi connectivity index (χ1) is 8.97. The fourth-order valence-electron chi connectivity index (χ4n) is 1.28. The van der Waals surface area contributed by atoms with Gasteiger partial charge in [0.2, 0.25) is 0 Å². The molecule has 0 aromatic carbocycles. The zero-order valence-corrected chi connectivity index (χ0v) is 11.1. The van der Waals surface area contributed by atoms with Crippen molar-refractivity contribution in [3.8, 4) is 0 Å². The Balaban J connectivity index is 1.95. The molecule has 0 aliphatic heterocycles. The molecular weight excluding hydrogens is 295 g/mol. The van der Waals surface area contributed by atoms with Gasteiger partial charge < -0.3 is 0 Å². The van der Waals surface area contributed by atoms with Crippen LogP contribution in [0.25, 0.3) is 0 Å². The number of alkyl halides is 3. The van der Waals surface area contributed by atoms with E-state index in [9.17, 15) is 18.0 Å². The lowest BCUT2D eigenvalue weighted by atomic mass is 10.3. The van der Waals surface area contributed by atoms with Gasteiger partial charge in [0, 0.05) is 6.20 Å². The molecule has 0 atom stereocenters. The number of Topliss-reactive ketones (excluding diaryl/α,β-unsaturated/α-hetero) is 1. The summed E-state index contributed by atoms with van der Waals surface area (Å²) in [5, 5.41) is 2.20. The molecule has 0 saturated heterocycles. The Bertz CT molecular complexity index is 549. The van der Waals surface area contributed by atoms with Crippen LogP contribution in [0, 0.1) is 0 Å². The number of nitrogens with zero attached hydrogens (tertiary/aromatic N) is 1. The Hall–Kier alpha value is -1.34. The standard InChI is InChI=1S/C12H8F3NOS2/c13-12(14,15)8-3-4-11(16-6-8)19-7-9(17)10-2-1-5-18-10/h1-6H,7H2. The quantitative estimate of drug-likeness (QED) is 0.628. The molecule has 0 unspecified atom stereocenters. The minimum Gasteiger partial charge on any atom is -0.292 e. The van der Waals surface area contributed by atoms with E-state index >= 15 is 0 Å². The number of rotatable bonds is 4. The fourth-order valence-corrected chi connectivity index (χ4v) is 2.76. The Morgan fingerprint density at radius 3 is 2.63 bits per heavy atom. The summed E-state index contributed by atoms with van der Waals surface area (Å²) in [6, 6.07) is 5.73. The van der Waals surface area contributed by atoms with Gasteiger partial charge in [0.1, 0.15) is 0 Å². The number of thioether (sulfide) groups is 1. The van der Waals surface area contributed by atoms with Crippen molar-refractivity contribution in [1.82, 2.24) is 4.98 Å². The molecule has 7 heteroatoms. The van der Waals surface area contributed by atoms with E-state index in [1.165, 1.54) is 17.4 Å². The first kappa shape index (κ1) is 14.1. The van der Waals surface area contributed by atoms with Crippen molar-refractivity contribution >= 4 is 28.9 Å². The van der Waals surface area contributed by atoms with E-state index in [0.717, 1.165) is 24.0 Å². The molecule has 0 bridgehead atoms. The van der Waals surface area contributed by atoms with Crippen molar-refractivity contribution in [3.05, 3.63) is 46.3 Å². The van der Waals surface area contributed by atoms with Crippen LogP contribution in [-0.2, 0) is 6.18 Å². The molecule has 0 fully saturated rings.